The number of piperazine rings is 1. The van der Waals surface area contributed by atoms with Crippen molar-refractivity contribution in [2.24, 2.45) is 0 Å². The number of carbonyl (C=O) groups excluding carboxylic acids is 1. The van der Waals surface area contributed by atoms with Crippen molar-refractivity contribution in [1.29, 1.82) is 0 Å². The zero-order valence-corrected chi connectivity index (χ0v) is 17.6. The van der Waals surface area contributed by atoms with Crippen molar-refractivity contribution in [2.45, 2.75) is 32.5 Å². The second-order valence-corrected chi connectivity index (χ2v) is 7.69. The van der Waals surface area contributed by atoms with E-state index >= 15 is 0 Å². The molecule has 2 aromatic rings. The van der Waals surface area contributed by atoms with Gasteiger partial charge in [-0.15, -0.1) is 0 Å². The normalized spacial score (nSPS) is 15.8. The third kappa shape index (κ3) is 5.19. The van der Waals surface area contributed by atoms with Crippen molar-refractivity contribution in [3.63, 3.8) is 0 Å². The van der Waals surface area contributed by atoms with Crippen molar-refractivity contribution in [3.8, 4) is 5.75 Å². The number of ether oxygens (including phenoxy) is 1. The van der Waals surface area contributed by atoms with E-state index in [0.29, 0.717) is 49.1 Å². The summed E-state index contributed by atoms with van der Waals surface area (Å²) in [5, 5.41) is 0.632. The minimum Gasteiger partial charge on any atom is -0.481 e. The standard InChI is InChI=1S/C22H24ClF3N2O2/c1-3-20(30-18-7-8-19(23)15(2)13-18)21(29)28-11-9-27(10-12-28)17-6-4-5-16(14-17)22(24,25)26/h4-8,13-14,20H,3,9-12H2,1-2H3/t20-/m1/s1. The Bertz CT molecular complexity index is 896. The van der Waals surface area contributed by atoms with E-state index in [1.54, 1.807) is 29.2 Å². The molecule has 1 amide bonds. The van der Waals surface area contributed by atoms with Crippen LogP contribution < -0.4 is 9.64 Å². The maximum atomic E-state index is 13.0. The Morgan fingerprint density at radius 1 is 1.13 bits per heavy atom. The minimum absolute atomic E-state index is 0.117. The lowest BCUT2D eigenvalue weighted by molar-refractivity contribution is -0.139. The summed E-state index contributed by atoms with van der Waals surface area (Å²) >= 11 is 6.04. The van der Waals surface area contributed by atoms with E-state index in [1.807, 2.05) is 18.7 Å². The van der Waals surface area contributed by atoms with Gasteiger partial charge >= 0.3 is 6.18 Å². The molecule has 30 heavy (non-hydrogen) atoms. The molecule has 3 rings (SSSR count). The molecule has 1 aliphatic rings. The third-order valence-electron chi connectivity index (χ3n) is 5.18. The number of aryl methyl sites for hydroxylation is 1. The number of rotatable bonds is 5. The van der Waals surface area contributed by atoms with Gasteiger partial charge in [-0.05, 0) is 55.3 Å². The van der Waals surface area contributed by atoms with E-state index in [4.69, 9.17) is 16.3 Å². The van der Waals surface area contributed by atoms with E-state index in [0.717, 1.165) is 17.7 Å². The van der Waals surface area contributed by atoms with Crippen molar-refractivity contribution in [1.82, 2.24) is 4.90 Å². The molecule has 0 spiro atoms. The predicted molar refractivity (Wildman–Crippen MR) is 111 cm³/mol. The van der Waals surface area contributed by atoms with Gasteiger partial charge in [-0.1, -0.05) is 24.6 Å². The van der Waals surface area contributed by atoms with Gasteiger partial charge < -0.3 is 14.5 Å². The van der Waals surface area contributed by atoms with Crippen LogP contribution in [0.2, 0.25) is 5.02 Å². The number of amides is 1. The zero-order valence-electron chi connectivity index (χ0n) is 16.9. The second kappa shape index (κ2) is 9.16. The van der Waals surface area contributed by atoms with Gasteiger partial charge in [0, 0.05) is 36.9 Å². The average Bonchev–Trinajstić information content (AvgIpc) is 2.73. The van der Waals surface area contributed by atoms with Crippen LogP contribution in [0.3, 0.4) is 0 Å². The molecule has 1 atom stereocenters. The van der Waals surface area contributed by atoms with Gasteiger partial charge in [-0.3, -0.25) is 4.79 Å². The molecule has 0 saturated carbocycles. The van der Waals surface area contributed by atoms with Gasteiger partial charge in [0.05, 0.1) is 5.56 Å². The summed E-state index contributed by atoms with van der Waals surface area (Å²) in [6.07, 6.45) is -4.49. The highest BCUT2D eigenvalue weighted by molar-refractivity contribution is 6.31. The van der Waals surface area contributed by atoms with Crippen LogP contribution in [0.25, 0.3) is 0 Å². The summed E-state index contributed by atoms with van der Waals surface area (Å²) in [6.45, 7) is 5.52. The zero-order chi connectivity index (χ0) is 21.9. The topological polar surface area (TPSA) is 32.8 Å². The number of halogens is 4. The highest BCUT2D eigenvalue weighted by Crippen LogP contribution is 2.32. The number of benzene rings is 2. The molecule has 2 aromatic carbocycles. The first-order valence-corrected chi connectivity index (χ1v) is 10.2. The summed E-state index contributed by atoms with van der Waals surface area (Å²) < 4.78 is 44.8. The van der Waals surface area contributed by atoms with Crippen molar-refractivity contribution in [2.75, 3.05) is 31.1 Å². The number of hydrogen-bond acceptors (Lipinski definition) is 3. The SMILES string of the molecule is CC[C@@H](Oc1ccc(Cl)c(C)c1)C(=O)N1CCN(c2cccc(C(F)(F)F)c2)CC1. The predicted octanol–water partition coefficient (Wildman–Crippen LogP) is 5.17. The molecule has 0 aliphatic carbocycles. The minimum atomic E-state index is -4.38. The Kier molecular flexibility index (Phi) is 6.81. The second-order valence-electron chi connectivity index (χ2n) is 7.29. The fourth-order valence-corrected chi connectivity index (χ4v) is 3.55. The molecule has 0 N–H and O–H groups in total. The maximum Gasteiger partial charge on any atom is 0.416 e. The first-order valence-electron chi connectivity index (χ1n) is 9.83. The number of nitrogens with zero attached hydrogens (tertiary/aromatic N) is 2. The van der Waals surface area contributed by atoms with Crippen LogP contribution in [0.4, 0.5) is 18.9 Å². The molecule has 8 heteroatoms. The smallest absolute Gasteiger partial charge is 0.416 e. The van der Waals surface area contributed by atoms with E-state index in [2.05, 4.69) is 0 Å². The summed E-state index contributed by atoms with van der Waals surface area (Å²) in [5.41, 5.74) is 0.708. The molecule has 4 nitrogen and oxygen atoms in total. The quantitative estimate of drug-likeness (QED) is 0.642. The summed E-state index contributed by atoms with van der Waals surface area (Å²) in [7, 11) is 0. The molecule has 0 aromatic heterocycles. The first kappa shape index (κ1) is 22.3. The van der Waals surface area contributed by atoms with Crippen molar-refractivity contribution in [3.05, 3.63) is 58.6 Å². The fourth-order valence-electron chi connectivity index (χ4n) is 3.43. The molecular weight excluding hydrogens is 417 g/mol. The lowest BCUT2D eigenvalue weighted by Gasteiger charge is -2.37. The Morgan fingerprint density at radius 3 is 2.43 bits per heavy atom. The van der Waals surface area contributed by atoms with E-state index in [1.165, 1.54) is 6.07 Å². The molecule has 162 valence electrons. The van der Waals surface area contributed by atoms with Crippen LogP contribution in [0.1, 0.15) is 24.5 Å². The van der Waals surface area contributed by atoms with Crippen LogP contribution in [-0.4, -0.2) is 43.1 Å². The molecule has 1 saturated heterocycles. The molecule has 0 unspecified atom stereocenters. The molecule has 1 aliphatic heterocycles. The average molecular weight is 441 g/mol. The summed E-state index contributed by atoms with van der Waals surface area (Å²) in [6, 6.07) is 10.5. The largest absolute Gasteiger partial charge is 0.481 e. The van der Waals surface area contributed by atoms with Crippen molar-refractivity contribution < 1.29 is 22.7 Å². The van der Waals surface area contributed by atoms with Crippen LogP contribution in [0.5, 0.6) is 5.75 Å². The van der Waals surface area contributed by atoms with Crippen LogP contribution in [0.15, 0.2) is 42.5 Å². The van der Waals surface area contributed by atoms with E-state index in [9.17, 15) is 18.0 Å². The first-order chi connectivity index (χ1) is 14.2. The molecule has 1 fully saturated rings. The Labute approximate surface area is 179 Å². The summed E-state index contributed by atoms with van der Waals surface area (Å²) in [5.74, 6) is 0.466. The lowest BCUT2D eigenvalue weighted by atomic mass is 10.1. The van der Waals surface area contributed by atoms with Gasteiger partial charge in [0.15, 0.2) is 6.10 Å². The van der Waals surface area contributed by atoms with Crippen molar-refractivity contribution >= 4 is 23.2 Å². The Hall–Kier alpha value is -2.41. The van der Waals surface area contributed by atoms with E-state index in [-0.39, 0.29) is 5.91 Å². The fraction of sp³-hybridized carbons (Fsp3) is 0.409. The Balaban J connectivity index is 1.62. The monoisotopic (exact) mass is 440 g/mol. The highest BCUT2D eigenvalue weighted by Gasteiger charge is 2.32. The summed E-state index contributed by atoms with van der Waals surface area (Å²) in [4.78, 5) is 16.5. The third-order valence-corrected chi connectivity index (χ3v) is 5.61. The molecular formula is C22H24ClF3N2O2. The van der Waals surface area contributed by atoms with Crippen LogP contribution in [0, 0.1) is 6.92 Å². The van der Waals surface area contributed by atoms with Gasteiger partial charge in [0.1, 0.15) is 5.75 Å². The molecule has 0 radical (unpaired) electrons. The van der Waals surface area contributed by atoms with Gasteiger partial charge in [-0.2, -0.15) is 13.2 Å². The van der Waals surface area contributed by atoms with Gasteiger partial charge in [0.2, 0.25) is 0 Å². The number of hydrogen-bond donors (Lipinski definition) is 0. The molecule has 0 bridgehead atoms. The highest BCUT2D eigenvalue weighted by atomic mass is 35.5. The number of anilines is 1. The number of alkyl halides is 3. The van der Waals surface area contributed by atoms with Crippen LogP contribution >= 0.6 is 11.6 Å². The molecule has 1 heterocycles. The van der Waals surface area contributed by atoms with E-state index < -0.39 is 17.8 Å². The maximum absolute atomic E-state index is 13.0. The van der Waals surface area contributed by atoms with Crippen LogP contribution in [-0.2, 0) is 11.0 Å². The Morgan fingerprint density at radius 2 is 1.83 bits per heavy atom. The number of carbonyl (C=O) groups is 1. The van der Waals surface area contributed by atoms with Gasteiger partial charge in [-0.25, -0.2) is 0 Å². The lowest BCUT2D eigenvalue weighted by Crippen LogP contribution is -2.52. The van der Waals surface area contributed by atoms with Gasteiger partial charge in [0.25, 0.3) is 5.91 Å².